The summed E-state index contributed by atoms with van der Waals surface area (Å²) in [7, 11) is 0. The van der Waals surface area contributed by atoms with Crippen LogP contribution < -0.4 is 4.90 Å². The Bertz CT molecular complexity index is 457. The van der Waals surface area contributed by atoms with Crippen LogP contribution in [0.2, 0.25) is 0 Å². The molecule has 3 rings (SSSR count). The second-order valence-electron chi connectivity index (χ2n) is 6.21. The lowest BCUT2D eigenvalue weighted by atomic mass is 9.87. The highest BCUT2D eigenvalue weighted by molar-refractivity contribution is 7.17. The van der Waals surface area contributed by atoms with Gasteiger partial charge in [0.05, 0.1) is 10.6 Å². The quantitative estimate of drug-likeness (QED) is 0.787. The molecule has 2 aliphatic rings. The van der Waals surface area contributed by atoms with E-state index in [4.69, 9.17) is 4.98 Å². The fourth-order valence-corrected chi connectivity index (χ4v) is 3.98. The van der Waals surface area contributed by atoms with E-state index < -0.39 is 0 Å². The van der Waals surface area contributed by atoms with Crippen molar-refractivity contribution in [1.29, 1.82) is 0 Å². The molecular weight excluding hydrogens is 256 g/mol. The van der Waals surface area contributed by atoms with Crippen LogP contribution in [0.15, 0.2) is 0 Å². The molecule has 1 saturated carbocycles. The van der Waals surface area contributed by atoms with Crippen molar-refractivity contribution >= 4 is 22.8 Å². The van der Waals surface area contributed by atoms with Crippen molar-refractivity contribution in [3.8, 4) is 0 Å². The summed E-state index contributed by atoms with van der Waals surface area (Å²) in [4.78, 5) is 19.1. The number of thiazole rings is 1. The fraction of sp³-hybridized carbons (Fsp3) is 0.733. The molecule has 0 amide bonds. The molecule has 0 atom stereocenters. The van der Waals surface area contributed by atoms with Crippen molar-refractivity contribution in [2.24, 2.45) is 11.8 Å². The molecule has 0 aromatic carbocycles. The number of carbonyl (C=O) groups is 1. The van der Waals surface area contributed by atoms with Crippen LogP contribution in [0.1, 0.15) is 60.8 Å². The van der Waals surface area contributed by atoms with E-state index in [0.717, 1.165) is 46.9 Å². The molecule has 1 aromatic rings. The number of aldehydes is 1. The minimum Gasteiger partial charge on any atom is -0.348 e. The third kappa shape index (κ3) is 2.69. The standard InChI is InChI=1S/C15H22N2OS/c1-10(2)11-5-7-17(8-6-11)15-16-14(12-3-4-12)13(9-18)19-15/h9-12H,3-8H2,1-2H3. The highest BCUT2D eigenvalue weighted by Crippen LogP contribution is 2.44. The minimum absolute atomic E-state index is 0.568. The van der Waals surface area contributed by atoms with Gasteiger partial charge in [-0.05, 0) is 37.5 Å². The molecule has 1 saturated heterocycles. The Morgan fingerprint density at radius 3 is 2.47 bits per heavy atom. The molecule has 0 bridgehead atoms. The zero-order valence-electron chi connectivity index (χ0n) is 11.8. The highest BCUT2D eigenvalue weighted by atomic mass is 32.1. The van der Waals surface area contributed by atoms with Crippen LogP contribution in [0.3, 0.4) is 0 Å². The van der Waals surface area contributed by atoms with Gasteiger partial charge in [-0.3, -0.25) is 4.79 Å². The molecule has 0 unspecified atom stereocenters. The maximum Gasteiger partial charge on any atom is 0.186 e. The van der Waals surface area contributed by atoms with Crippen LogP contribution in [0.4, 0.5) is 5.13 Å². The third-order valence-electron chi connectivity index (χ3n) is 4.49. The maximum absolute atomic E-state index is 11.1. The molecule has 104 valence electrons. The van der Waals surface area contributed by atoms with E-state index in [9.17, 15) is 4.79 Å². The zero-order chi connectivity index (χ0) is 13.4. The van der Waals surface area contributed by atoms with E-state index in [1.165, 1.54) is 25.7 Å². The molecule has 1 aromatic heterocycles. The van der Waals surface area contributed by atoms with Gasteiger partial charge in [0.2, 0.25) is 0 Å². The Morgan fingerprint density at radius 1 is 1.26 bits per heavy atom. The smallest absolute Gasteiger partial charge is 0.186 e. The number of aromatic nitrogens is 1. The first-order chi connectivity index (χ1) is 9.19. The summed E-state index contributed by atoms with van der Waals surface area (Å²) in [6.45, 7) is 6.83. The summed E-state index contributed by atoms with van der Waals surface area (Å²) in [5.74, 6) is 2.20. The second kappa shape index (κ2) is 5.23. The van der Waals surface area contributed by atoms with Crippen molar-refractivity contribution in [3.63, 3.8) is 0 Å². The summed E-state index contributed by atoms with van der Waals surface area (Å²) >= 11 is 1.59. The van der Waals surface area contributed by atoms with E-state index in [1.807, 2.05) is 0 Å². The Balaban J connectivity index is 1.71. The zero-order valence-corrected chi connectivity index (χ0v) is 12.6. The van der Waals surface area contributed by atoms with E-state index in [0.29, 0.717) is 5.92 Å². The van der Waals surface area contributed by atoms with Crippen LogP contribution in [0, 0.1) is 11.8 Å². The molecule has 2 heterocycles. The fourth-order valence-electron chi connectivity index (χ4n) is 2.96. The SMILES string of the molecule is CC(C)C1CCN(c2nc(C3CC3)c(C=O)s2)CC1. The third-order valence-corrected chi connectivity index (χ3v) is 5.55. The molecule has 0 spiro atoms. The number of hydrogen-bond acceptors (Lipinski definition) is 4. The molecule has 3 nitrogen and oxygen atoms in total. The topological polar surface area (TPSA) is 33.2 Å². The maximum atomic E-state index is 11.1. The van der Waals surface area contributed by atoms with Crippen molar-refractivity contribution in [1.82, 2.24) is 4.98 Å². The van der Waals surface area contributed by atoms with E-state index >= 15 is 0 Å². The van der Waals surface area contributed by atoms with Crippen molar-refractivity contribution in [2.75, 3.05) is 18.0 Å². The first-order valence-corrected chi connectivity index (χ1v) is 8.21. The van der Waals surface area contributed by atoms with Gasteiger partial charge in [0, 0.05) is 19.0 Å². The Labute approximate surface area is 119 Å². The Morgan fingerprint density at radius 2 is 1.95 bits per heavy atom. The van der Waals surface area contributed by atoms with Gasteiger partial charge in [0.1, 0.15) is 0 Å². The van der Waals surface area contributed by atoms with Gasteiger partial charge >= 0.3 is 0 Å². The van der Waals surface area contributed by atoms with Crippen LogP contribution in [-0.4, -0.2) is 24.4 Å². The molecule has 19 heavy (non-hydrogen) atoms. The minimum atomic E-state index is 0.568. The molecular formula is C15H22N2OS. The molecule has 0 N–H and O–H groups in total. The first kappa shape index (κ1) is 13.1. The van der Waals surface area contributed by atoms with E-state index in [2.05, 4.69) is 18.7 Å². The number of anilines is 1. The predicted octanol–water partition coefficient (Wildman–Crippen LogP) is 3.71. The largest absolute Gasteiger partial charge is 0.348 e. The van der Waals surface area contributed by atoms with Gasteiger partial charge in [-0.2, -0.15) is 0 Å². The molecule has 4 heteroatoms. The Kier molecular flexibility index (Phi) is 3.61. The predicted molar refractivity (Wildman–Crippen MR) is 79.3 cm³/mol. The van der Waals surface area contributed by atoms with E-state index in [-0.39, 0.29) is 0 Å². The van der Waals surface area contributed by atoms with Crippen LogP contribution in [0.5, 0.6) is 0 Å². The van der Waals surface area contributed by atoms with Crippen LogP contribution in [-0.2, 0) is 0 Å². The van der Waals surface area contributed by atoms with Gasteiger partial charge in [0.15, 0.2) is 11.4 Å². The summed E-state index contributed by atoms with van der Waals surface area (Å²) in [5, 5.41) is 1.08. The summed E-state index contributed by atoms with van der Waals surface area (Å²) < 4.78 is 0. The lowest BCUT2D eigenvalue weighted by Crippen LogP contribution is -2.35. The summed E-state index contributed by atoms with van der Waals surface area (Å²) in [6, 6.07) is 0. The van der Waals surface area contributed by atoms with E-state index in [1.54, 1.807) is 11.3 Å². The average molecular weight is 278 g/mol. The van der Waals surface area contributed by atoms with Gasteiger partial charge in [-0.25, -0.2) is 4.98 Å². The van der Waals surface area contributed by atoms with Crippen molar-refractivity contribution in [3.05, 3.63) is 10.6 Å². The number of rotatable bonds is 4. The van der Waals surface area contributed by atoms with Crippen LogP contribution in [0.25, 0.3) is 0 Å². The van der Waals surface area contributed by atoms with Crippen molar-refractivity contribution in [2.45, 2.75) is 45.4 Å². The first-order valence-electron chi connectivity index (χ1n) is 7.40. The second-order valence-corrected chi connectivity index (χ2v) is 7.22. The average Bonchev–Trinajstić information content (AvgIpc) is 3.18. The normalized spacial score (nSPS) is 21.1. The van der Waals surface area contributed by atoms with Gasteiger partial charge in [-0.1, -0.05) is 25.2 Å². The lowest BCUT2D eigenvalue weighted by Gasteiger charge is -2.33. The number of hydrogen-bond donors (Lipinski definition) is 0. The van der Waals surface area contributed by atoms with Crippen molar-refractivity contribution < 1.29 is 4.79 Å². The molecule has 0 radical (unpaired) electrons. The number of piperidine rings is 1. The van der Waals surface area contributed by atoms with Gasteiger partial charge in [-0.15, -0.1) is 0 Å². The number of carbonyl (C=O) groups excluding carboxylic acids is 1. The van der Waals surface area contributed by atoms with Crippen LogP contribution >= 0.6 is 11.3 Å². The summed E-state index contributed by atoms with van der Waals surface area (Å²) in [6.07, 6.45) is 5.92. The Hall–Kier alpha value is -0.900. The monoisotopic (exact) mass is 278 g/mol. The molecule has 2 fully saturated rings. The lowest BCUT2D eigenvalue weighted by molar-refractivity contribution is 0.112. The summed E-state index contributed by atoms with van der Waals surface area (Å²) in [5.41, 5.74) is 1.07. The van der Waals surface area contributed by atoms with Gasteiger partial charge in [0.25, 0.3) is 0 Å². The molecule has 1 aliphatic carbocycles. The molecule has 1 aliphatic heterocycles. The highest BCUT2D eigenvalue weighted by Gasteiger charge is 2.31. The van der Waals surface area contributed by atoms with Gasteiger partial charge < -0.3 is 4.90 Å². The number of nitrogens with zero attached hydrogens (tertiary/aromatic N) is 2.